The van der Waals surface area contributed by atoms with E-state index in [9.17, 15) is 4.79 Å². The smallest absolute Gasteiger partial charge is 0.254 e. The molecule has 3 N–H and O–H groups in total. The van der Waals surface area contributed by atoms with Crippen LogP contribution in [0.25, 0.3) is 10.9 Å². The van der Waals surface area contributed by atoms with Crippen LogP contribution in [0.15, 0.2) is 30.5 Å². The normalized spacial score (nSPS) is 29.1. The van der Waals surface area contributed by atoms with Crippen molar-refractivity contribution < 1.29 is 4.79 Å². The molecular formula is C16H19N3O. The number of nitrogens with two attached hydrogens (primary N) is 1. The maximum absolute atomic E-state index is 12.8. The van der Waals surface area contributed by atoms with Crippen molar-refractivity contribution in [1.82, 2.24) is 9.88 Å². The number of carbonyl (C=O) groups is 1. The summed E-state index contributed by atoms with van der Waals surface area (Å²) < 4.78 is 0. The van der Waals surface area contributed by atoms with Gasteiger partial charge in [0.25, 0.3) is 5.91 Å². The molecule has 0 radical (unpaired) electrons. The predicted molar refractivity (Wildman–Crippen MR) is 78.5 cm³/mol. The Morgan fingerprint density at radius 2 is 1.95 bits per heavy atom. The Morgan fingerprint density at radius 3 is 2.70 bits per heavy atom. The van der Waals surface area contributed by atoms with Gasteiger partial charge in [0, 0.05) is 40.8 Å². The van der Waals surface area contributed by atoms with Crippen molar-refractivity contribution in [3.05, 3.63) is 36.0 Å². The first-order valence-corrected chi connectivity index (χ1v) is 7.38. The average Bonchev–Trinajstić information content (AvgIpc) is 3.00. The van der Waals surface area contributed by atoms with E-state index in [1.807, 2.05) is 30.5 Å². The molecule has 0 spiro atoms. The van der Waals surface area contributed by atoms with Gasteiger partial charge in [0.2, 0.25) is 0 Å². The lowest BCUT2D eigenvalue weighted by Gasteiger charge is -2.37. The summed E-state index contributed by atoms with van der Waals surface area (Å²) in [6.07, 6.45) is 6.03. The van der Waals surface area contributed by atoms with Crippen molar-refractivity contribution in [2.24, 2.45) is 5.73 Å². The van der Waals surface area contributed by atoms with Gasteiger partial charge in [-0.2, -0.15) is 0 Å². The van der Waals surface area contributed by atoms with Gasteiger partial charge in [-0.05, 0) is 49.9 Å². The highest BCUT2D eigenvalue weighted by Gasteiger charge is 2.42. The van der Waals surface area contributed by atoms with Crippen LogP contribution in [0.1, 0.15) is 36.0 Å². The largest absolute Gasteiger partial charge is 0.361 e. The Kier molecular flexibility index (Phi) is 2.60. The standard InChI is InChI=1S/C16H19N3O/c17-12-8-13-2-3-14(9-12)19(13)16(20)11-1-4-15-10(7-11)5-6-18-15/h1,4-7,12-14,18H,2-3,8-9,17H2. The van der Waals surface area contributed by atoms with Crippen LogP contribution in [0.2, 0.25) is 0 Å². The van der Waals surface area contributed by atoms with Crippen molar-refractivity contribution in [2.75, 3.05) is 0 Å². The van der Waals surface area contributed by atoms with E-state index in [4.69, 9.17) is 5.73 Å². The number of hydrogen-bond acceptors (Lipinski definition) is 2. The van der Waals surface area contributed by atoms with Crippen molar-refractivity contribution in [2.45, 2.75) is 43.8 Å². The molecule has 2 atom stereocenters. The average molecular weight is 269 g/mol. The molecule has 0 aliphatic carbocycles. The summed E-state index contributed by atoms with van der Waals surface area (Å²) >= 11 is 0. The summed E-state index contributed by atoms with van der Waals surface area (Å²) in [7, 11) is 0. The van der Waals surface area contributed by atoms with Crippen LogP contribution in [0.4, 0.5) is 0 Å². The molecule has 4 heteroatoms. The predicted octanol–water partition coefficient (Wildman–Crippen LogP) is 2.26. The monoisotopic (exact) mass is 269 g/mol. The van der Waals surface area contributed by atoms with Crippen molar-refractivity contribution in [1.29, 1.82) is 0 Å². The van der Waals surface area contributed by atoms with Crippen LogP contribution in [0.3, 0.4) is 0 Å². The van der Waals surface area contributed by atoms with Crippen LogP contribution in [-0.2, 0) is 0 Å². The highest BCUT2D eigenvalue weighted by Crippen LogP contribution is 2.36. The van der Waals surface area contributed by atoms with E-state index in [1.165, 1.54) is 0 Å². The number of fused-ring (bicyclic) bond motifs is 3. The van der Waals surface area contributed by atoms with Crippen molar-refractivity contribution >= 4 is 16.8 Å². The summed E-state index contributed by atoms with van der Waals surface area (Å²) in [6.45, 7) is 0. The quantitative estimate of drug-likeness (QED) is 0.834. The number of nitrogens with zero attached hydrogens (tertiary/aromatic N) is 1. The number of benzene rings is 1. The summed E-state index contributed by atoms with van der Waals surface area (Å²) in [6, 6.07) is 8.87. The number of hydrogen-bond donors (Lipinski definition) is 2. The second kappa shape index (κ2) is 4.35. The van der Waals surface area contributed by atoms with E-state index in [-0.39, 0.29) is 11.9 Å². The Morgan fingerprint density at radius 1 is 1.20 bits per heavy atom. The Bertz CT molecular complexity index is 649. The van der Waals surface area contributed by atoms with Gasteiger partial charge in [0.1, 0.15) is 0 Å². The molecule has 2 bridgehead atoms. The van der Waals surface area contributed by atoms with Crippen LogP contribution in [0, 0.1) is 0 Å². The maximum atomic E-state index is 12.8. The number of aromatic nitrogens is 1. The molecular weight excluding hydrogens is 250 g/mol. The van der Waals surface area contributed by atoms with Gasteiger partial charge in [-0.3, -0.25) is 4.79 Å². The van der Waals surface area contributed by atoms with Gasteiger partial charge in [-0.1, -0.05) is 0 Å². The molecule has 4 nitrogen and oxygen atoms in total. The lowest BCUT2D eigenvalue weighted by Crippen LogP contribution is -2.50. The van der Waals surface area contributed by atoms with Crippen molar-refractivity contribution in [3.63, 3.8) is 0 Å². The number of aromatic amines is 1. The molecule has 20 heavy (non-hydrogen) atoms. The molecule has 2 fully saturated rings. The Hall–Kier alpha value is -1.81. The van der Waals surface area contributed by atoms with Crippen LogP contribution < -0.4 is 5.73 Å². The highest BCUT2D eigenvalue weighted by atomic mass is 16.2. The van der Waals surface area contributed by atoms with Gasteiger partial charge in [0.05, 0.1) is 0 Å². The van der Waals surface area contributed by atoms with Crippen LogP contribution >= 0.6 is 0 Å². The first-order chi connectivity index (χ1) is 9.72. The zero-order valence-corrected chi connectivity index (χ0v) is 11.4. The Balaban J connectivity index is 1.66. The lowest BCUT2D eigenvalue weighted by molar-refractivity contribution is 0.0575. The fraction of sp³-hybridized carbons (Fsp3) is 0.438. The Labute approximate surface area is 117 Å². The minimum Gasteiger partial charge on any atom is -0.361 e. The van der Waals surface area contributed by atoms with Gasteiger partial charge in [-0.25, -0.2) is 0 Å². The number of nitrogens with one attached hydrogen (secondary N) is 1. The molecule has 4 rings (SSSR count). The SMILES string of the molecule is NC1CC2CCC(C1)N2C(=O)c1ccc2[nH]ccc2c1. The van der Waals surface area contributed by atoms with Gasteiger partial charge < -0.3 is 15.6 Å². The topological polar surface area (TPSA) is 62.1 Å². The maximum Gasteiger partial charge on any atom is 0.254 e. The van der Waals surface area contributed by atoms with Gasteiger partial charge in [-0.15, -0.1) is 0 Å². The van der Waals surface area contributed by atoms with Crippen molar-refractivity contribution in [3.8, 4) is 0 Å². The second-order valence-electron chi connectivity index (χ2n) is 6.11. The minimum atomic E-state index is 0.174. The van der Waals surface area contributed by atoms with E-state index in [2.05, 4.69) is 9.88 Å². The first kappa shape index (κ1) is 12.0. The number of carbonyl (C=O) groups excluding carboxylic acids is 1. The van der Waals surface area contributed by atoms with Gasteiger partial charge >= 0.3 is 0 Å². The van der Waals surface area contributed by atoms with E-state index in [0.29, 0.717) is 12.1 Å². The zero-order chi connectivity index (χ0) is 13.7. The third-order valence-electron chi connectivity index (χ3n) is 4.80. The third kappa shape index (κ3) is 1.75. The molecule has 2 saturated heterocycles. The van der Waals surface area contributed by atoms with E-state index in [1.54, 1.807) is 0 Å². The number of rotatable bonds is 1. The summed E-state index contributed by atoms with van der Waals surface area (Å²) in [5.74, 6) is 0.174. The molecule has 104 valence electrons. The number of piperidine rings is 1. The number of H-pyrrole nitrogens is 1. The molecule has 1 aromatic carbocycles. The molecule has 2 aliphatic heterocycles. The molecule has 2 aromatic rings. The fourth-order valence-corrected chi connectivity index (χ4v) is 3.89. The van der Waals surface area contributed by atoms with Crippen LogP contribution in [-0.4, -0.2) is 33.9 Å². The fourth-order valence-electron chi connectivity index (χ4n) is 3.89. The van der Waals surface area contributed by atoms with E-state index in [0.717, 1.165) is 42.1 Å². The second-order valence-corrected chi connectivity index (χ2v) is 6.11. The van der Waals surface area contributed by atoms with Crippen LogP contribution in [0.5, 0.6) is 0 Å². The first-order valence-electron chi connectivity index (χ1n) is 7.38. The number of amides is 1. The molecule has 2 aliphatic rings. The molecule has 0 saturated carbocycles. The summed E-state index contributed by atoms with van der Waals surface area (Å²) in [5, 5.41) is 1.09. The zero-order valence-electron chi connectivity index (χ0n) is 11.4. The molecule has 1 amide bonds. The summed E-state index contributed by atoms with van der Waals surface area (Å²) in [5.41, 5.74) is 7.95. The van der Waals surface area contributed by atoms with E-state index < -0.39 is 0 Å². The van der Waals surface area contributed by atoms with Gasteiger partial charge in [0.15, 0.2) is 0 Å². The summed E-state index contributed by atoms with van der Waals surface area (Å²) in [4.78, 5) is 18.1. The third-order valence-corrected chi connectivity index (χ3v) is 4.80. The van der Waals surface area contributed by atoms with E-state index >= 15 is 0 Å². The molecule has 3 heterocycles. The molecule has 1 aromatic heterocycles. The molecule has 2 unspecified atom stereocenters. The highest BCUT2D eigenvalue weighted by molar-refractivity contribution is 5.98. The minimum absolute atomic E-state index is 0.174. The lowest BCUT2D eigenvalue weighted by atomic mass is 9.97.